The van der Waals surface area contributed by atoms with E-state index in [0.717, 1.165) is 110 Å². The Labute approximate surface area is 412 Å². The number of nitrogens with zero attached hydrogens (tertiary/aromatic N) is 6. The van der Waals surface area contributed by atoms with Crippen LogP contribution >= 0.6 is 11.8 Å². The molecule has 2 aliphatic heterocycles. The third-order valence-electron chi connectivity index (χ3n) is 13.6. The molecule has 8 heterocycles. The molecule has 0 unspecified atom stereocenters. The zero-order valence-corrected chi connectivity index (χ0v) is 38.4. The summed E-state index contributed by atoms with van der Waals surface area (Å²) in [6, 6.07) is 61.4. The summed E-state index contributed by atoms with van der Waals surface area (Å²) >= 11 is 1.76. The highest BCUT2D eigenvalue weighted by molar-refractivity contribution is 7.99. The lowest BCUT2D eigenvalue weighted by Crippen LogP contribution is -2.16. The first kappa shape index (κ1) is 39.2. The van der Waals surface area contributed by atoms with Gasteiger partial charge in [0.25, 0.3) is 0 Å². The van der Waals surface area contributed by atoms with Crippen LogP contribution in [0.2, 0.25) is 0 Å². The summed E-state index contributed by atoms with van der Waals surface area (Å²) in [4.78, 5) is 26.3. The van der Waals surface area contributed by atoms with Crippen molar-refractivity contribution < 1.29 is 22.4 Å². The number of pyridine rings is 2. The van der Waals surface area contributed by atoms with Gasteiger partial charge >= 0.3 is 0 Å². The molecule has 0 fully saturated rings. The molecule has 0 N–H and O–H groups in total. The highest BCUT2D eigenvalue weighted by Crippen LogP contribution is 2.54. The van der Waals surface area contributed by atoms with Gasteiger partial charge < -0.3 is 32.2 Å². The Hall–Kier alpha value is -9.65. The van der Waals surface area contributed by atoms with Gasteiger partial charge in [0.1, 0.15) is 44.8 Å². The van der Waals surface area contributed by atoms with Crippen molar-refractivity contribution in [2.75, 3.05) is 9.80 Å². The first-order valence-electron chi connectivity index (χ1n) is 23.4. The van der Waals surface area contributed by atoms with Crippen LogP contribution in [0.1, 0.15) is 0 Å². The molecule has 338 valence electrons. The van der Waals surface area contributed by atoms with Crippen molar-refractivity contribution in [1.82, 2.24) is 19.9 Å². The Morgan fingerprint density at radius 1 is 0.361 bits per heavy atom. The molecule has 2 aliphatic rings. The third-order valence-corrected chi connectivity index (χ3v) is 14.7. The normalized spacial score (nSPS) is 13.0. The molecule has 8 aromatic carbocycles. The van der Waals surface area contributed by atoms with Crippen LogP contribution in [0.25, 0.3) is 100 Å². The lowest BCUT2D eigenvalue weighted by atomic mass is 10.0. The number of aromatic nitrogens is 4. The second-order valence-electron chi connectivity index (χ2n) is 17.8. The van der Waals surface area contributed by atoms with Gasteiger partial charge in [0.2, 0.25) is 11.8 Å². The smallest absolute Gasteiger partial charge is 0.246 e. The Kier molecular flexibility index (Phi) is 8.13. The van der Waals surface area contributed by atoms with Crippen LogP contribution in [-0.4, -0.2) is 19.9 Å². The van der Waals surface area contributed by atoms with Crippen LogP contribution in [0, 0.1) is 0 Å². The van der Waals surface area contributed by atoms with E-state index in [1.54, 1.807) is 11.8 Å². The molecule has 0 aliphatic carbocycles. The molecule has 0 amide bonds. The van der Waals surface area contributed by atoms with Crippen LogP contribution in [0.5, 0.6) is 11.5 Å². The minimum absolute atomic E-state index is 0.432. The summed E-state index contributed by atoms with van der Waals surface area (Å²) in [5.74, 6) is 2.35. The topological polar surface area (TPSA) is 120 Å². The molecular formula is C60H32N6O5S. The predicted octanol–water partition coefficient (Wildman–Crippen LogP) is 17.1. The van der Waals surface area contributed by atoms with Crippen LogP contribution in [0.15, 0.2) is 222 Å². The average Bonchev–Trinajstić information content (AvgIpc) is 4.22. The molecule has 0 saturated heterocycles. The molecule has 0 atom stereocenters. The van der Waals surface area contributed by atoms with Crippen LogP contribution in [-0.2, 0) is 0 Å². The minimum atomic E-state index is 0.432. The van der Waals surface area contributed by atoms with Crippen LogP contribution < -0.4 is 14.5 Å². The fraction of sp³-hybridized carbons (Fsp3) is 0. The fourth-order valence-corrected chi connectivity index (χ4v) is 11.3. The maximum atomic E-state index is 6.56. The van der Waals surface area contributed by atoms with Gasteiger partial charge in [-0.3, -0.25) is 0 Å². The van der Waals surface area contributed by atoms with Gasteiger partial charge in [0.05, 0.1) is 46.5 Å². The number of fused-ring (bicyclic) bond motifs is 12. The van der Waals surface area contributed by atoms with Gasteiger partial charge in [-0.1, -0.05) is 84.6 Å². The number of oxazole rings is 2. The van der Waals surface area contributed by atoms with Gasteiger partial charge in [-0.05, 0) is 108 Å². The maximum Gasteiger partial charge on any atom is 0.246 e. The lowest BCUT2D eigenvalue weighted by molar-refractivity contribution is 0.477. The molecule has 72 heavy (non-hydrogen) atoms. The lowest BCUT2D eigenvalue weighted by Gasteiger charge is -2.34. The molecule has 0 radical (unpaired) electrons. The maximum absolute atomic E-state index is 6.56. The van der Waals surface area contributed by atoms with Crippen molar-refractivity contribution in [3.05, 3.63) is 194 Å². The zero-order chi connectivity index (χ0) is 47.0. The number of hydrogen-bond acceptors (Lipinski definition) is 12. The standard InChI is InChI=1S/C60H32N6O5S/c1-5-13-49-37(9-1)39-27-55-43(29-53(39)67-49)63-59(70-55)41-21-19-35(31-61-41)65-45-11-3-7-15-51(45)69-52-23-17-33(25-47(52)65)34-18-24-58-48(26-34)66(46-12-4-8-16-57(46)72-58)36-20-22-42(62-32-36)60-64-44-30-54-40(28-56(44)71-60)38-10-2-6-14-50(38)68-54/h1-32H. The molecule has 0 spiro atoms. The number of rotatable bonds is 5. The number of para-hydroxylation sites is 5. The highest BCUT2D eigenvalue weighted by atomic mass is 32.2. The van der Waals surface area contributed by atoms with E-state index in [1.165, 1.54) is 0 Å². The van der Waals surface area contributed by atoms with Crippen LogP contribution in [0.3, 0.4) is 0 Å². The van der Waals surface area contributed by atoms with Gasteiger partial charge in [-0.2, -0.15) is 0 Å². The second kappa shape index (κ2) is 14.9. The number of furan rings is 2. The Balaban J connectivity index is 0.742. The first-order valence-corrected chi connectivity index (χ1v) is 24.2. The van der Waals surface area contributed by atoms with E-state index in [0.29, 0.717) is 45.4 Å². The summed E-state index contributed by atoms with van der Waals surface area (Å²) in [6.07, 6.45) is 3.75. The van der Waals surface area contributed by atoms with E-state index in [9.17, 15) is 0 Å². The summed E-state index contributed by atoms with van der Waals surface area (Å²) in [5.41, 5.74) is 14.9. The number of ether oxygens (including phenoxy) is 1. The molecule has 6 aromatic heterocycles. The van der Waals surface area contributed by atoms with Crippen LogP contribution in [0.4, 0.5) is 34.1 Å². The Morgan fingerprint density at radius 2 is 0.889 bits per heavy atom. The number of benzene rings is 8. The molecule has 16 rings (SSSR count). The largest absolute Gasteiger partial charge is 0.456 e. The van der Waals surface area contributed by atoms with E-state index in [1.807, 2.05) is 116 Å². The number of anilines is 6. The summed E-state index contributed by atoms with van der Waals surface area (Å²) in [5, 5.41) is 4.04. The van der Waals surface area contributed by atoms with E-state index < -0.39 is 0 Å². The van der Waals surface area contributed by atoms with Crippen molar-refractivity contribution in [3.8, 4) is 45.8 Å². The quantitative estimate of drug-likeness (QED) is 0.163. The third kappa shape index (κ3) is 5.99. The van der Waals surface area contributed by atoms with Crippen molar-refractivity contribution in [1.29, 1.82) is 0 Å². The van der Waals surface area contributed by atoms with E-state index in [-0.39, 0.29) is 0 Å². The van der Waals surface area contributed by atoms with Crippen molar-refractivity contribution >= 4 is 112 Å². The van der Waals surface area contributed by atoms with Gasteiger partial charge in [0, 0.05) is 43.5 Å². The Morgan fingerprint density at radius 3 is 1.53 bits per heavy atom. The molecule has 11 nitrogen and oxygen atoms in total. The Bertz CT molecular complexity index is 4270. The average molecular weight is 949 g/mol. The molecule has 14 aromatic rings. The number of hydrogen-bond donors (Lipinski definition) is 0. The van der Waals surface area contributed by atoms with Crippen molar-refractivity contribution in [2.45, 2.75) is 9.79 Å². The summed E-state index contributed by atoms with van der Waals surface area (Å²) in [7, 11) is 0. The molecular weight excluding hydrogens is 917 g/mol. The molecule has 12 heteroatoms. The van der Waals surface area contributed by atoms with Gasteiger partial charge in [-0.25, -0.2) is 19.9 Å². The summed E-state index contributed by atoms with van der Waals surface area (Å²) < 4.78 is 31.5. The van der Waals surface area contributed by atoms with E-state index in [4.69, 9.17) is 42.3 Å². The monoisotopic (exact) mass is 948 g/mol. The summed E-state index contributed by atoms with van der Waals surface area (Å²) in [6.45, 7) is 0. The van der Waals surface area contributed by atoms with E-state index >= 15 is 0 Å². The van der Waals surface area contributed by atoms with E-state index in [2.05, 4.69) is 88.7 Å². The SMILES string of the molecule is c1ccc2c(c1)Oc1ccc(-c3ccc4c(c3)N(c3ccc(-c5nc6cc7oc8ccccc8c7cc6o5)nc3)c3ccccc3S4)cc1N2c1ccc(-c2nc3cc4oc5ccccc5c4cc3o2)nc1. The van der Waals surface area contributed by atoms with Gasteiger partial charge in [-0.15, -0.1) is 0 Å². The molecule has 0 saturated carbocycles. The minimum Gasteiger partial charge on any atom is -0.456 e. The van der Waals surface area contributed by atoms with Crippen molar-refractivity contribution in [2.24, 2.45) is 0 Å². The first-order chi connectivity index (χ1) is 35.6. The highest BCUT2D eigenvalue weighted by Gasteiger charge is 2.29. The second-order valence-corrected chi connectivity index (χ2v) is 18.9. The predicted molar refractivity (Wildman–Crippen MR) is 282 cm³/mol. The van der Waals surface area contributed by atoms with Gasteiger partial charge in [0.15, 0.2) is 22.7 Å². The molecule has 0 bridgehead atoms. The fourth-order valence-electron chi connectivity index (χ4n) is 10.2. The zero-order valence-electron chi connectivity index (χ0n) is 37.6. The van der Waals surface area contributed by atoms with Crippen molar-refractivity contribution in [3.63, 3.8) is 0 Å².